The van der Waals surface area contributed by atoms with Gasteiger partial charge in [-0.2, -0.15) is 5.26 Å². The highest BCUT2D eigenvalue weighted by atomic mass is 16.6. The first-order valence-electron chi connectivity index (χ1n) is 13.5. The predicted molar refractivity (Wildman–Crippen MR) is 150 cm³/mol. The van der Waals surface area contributed by atoms with Crippen LogP contribution in [0.15, 0.2) is 51.7 Å². The number of nitrogens with zero attached hydrogens (tertiary/aromatic N) is 3. The van der Waals surface area contributed by atoms with E-state index in [1.54, 1.807) is 38.5 Å². The number of hydrogen-bond acceptors (Lipinski definition) is 7. The Hall–Kier alpha value is -4.10. The first-order valence-corrected chi connectivity index (χ1v) is 13.5. The van der Waals surface area contributed by atoms with Gasteiger partial charge >= 0.3 is 11.8 Å². The van der Waals surface area contributed by atoms with Crippen molar-refractivity contribution in [1.29, 1.82) is 5.26 Å². The lowest BCUT2D eigenvalue weighted by atomic mass is 9.96. The Balaban J connectivity index is 1.44. The Morgan fingerprint density at radius 1 is 1.15 bits per heavy atom. The Bertz CT molecular complexity index is 1440. The molecular formula is C30H36N4O6. The number of nitrogens with one attached hydrogen (secondary N) is 1. The van der Waals surface area contributed by atoms with Crippen LogP contribution < -0.4 is 11.1 Å². The lowest BCUT2D eigenvalue weighted by Crippen LogP contribution is -2.53. The van der Waals surface area contributed by atoms with Crippen LogP contribution in [0.5, 0.6) is 0 Å². The fraction of sp³-hybridized carbons (Fsp3) is 0.467. The molecular weight excluding hydrogens is 512 g/mol. The second kappa shape index (κ2) is 12.4. The highest BCUT2D eigenvalue weighted by molar-refractivity contribution is 5.86. The minimum Gasteiger partial charge on any atom is -0.444 e. The summed E-state index contributed by atoms with van der Waals surface area (Å²) in [5.74, 6) is -1.27. The van der Waals surface area contributed by atoms with E-state index in [2.05, 4.69) is 11.4 Å². The largest absolute Gasteiger partial charge is 0.444 e. The third kappa shape index (κ3) is 6.72. The molecule has 0 radical (unpaired) electrons. The van der Waals surface area contributed by atoms with Crippen molar-refractivity contribution in [2.75, 3.05) is 26.8 Å². The summed E-state index contributed by atoms with van der Waals surface area (Å²) in [5.41, 5.74) is 3.11. The van der Waals surface area contributed by atoms with Gasteiger partial charge in [-0.1, -0.05) is 30.3 Å². The van der Waals surface area contributed by atoms with E-state index in [1.165, 1.54) is 4.90 Å². The maximum absolute atomic E-state index is 13.1. The van der Waals surface area contributed by atoms with E-state index in [0.717, 1.165) is 29.5 Å². The fourth-order valence-electron chi connectivity index (χ4n) is 4.85. The summed E-state index contributed by atoms with van der Waals surface area (Å²) in [7, 11) is 1.58. The van der Waals surface area contributed by atoms with E-state index in [1.807, 2.05) is 36.4 Å². The van der Waals surface area contributed by atoms with Gasteiger partial charge in [0.25, 0.3) is 0 Å². The van der Waals surface area contributed by atoms with Crippen molar-refractivity contribution < 1.29 is 23.5 Å². The number of rotatable bonds is 8. The minimum absolute atomic E-state index is 0.125. The molecule has 10 heteroatoms. The second-order valence-electron chi connectivity index (χ2n) is 10.9. The molecule has 1 unspecified atom stereocenters. The number of hydrogen-bond donors (Lipinski definition) is 1. The number of likely N-dealkylation sites (tertiary alicyclic amines) is 1. The summed E-state index contributed by atoms with van der Waals surface area (Å²) < 4.78 is 17.5. The van der Waals surface area contributed by atoms with Crippen LogP contribution in [0, 0.1) is 11.3 Å². The lowest BCUT2D eigenvalue weighted by Gasteiger charge is -2.35. The Kier molecular flexibility index (Phi) is 8.95. The minimum atomic E-state index is -0.651. The summed E-state index contributed by atoms with van der Waals surface area (Å²) in [4.78, 5) is 39.4. The Morgan fingerprint density at radius 2 is 1.88 bits per heavy atom. The van der Waals surface area contributed by atoms with Gasteiger partial charge < -0.3 is 19.2 Å². The molecule has 2 aromatic carbocycles. The maximum atomic E-state index is 13.1. The topological polar surface area (TPSA) is 127 Å². The maximum Gasteiger partial charge on any atom is 0.420 e. The van der Waals surface area contributed by atoms with Crippen LogP contribution in [-0.2, 0) is 20.8 Å². The monoisotopic (exact) mass is 548 g/mol. The van der Waals surface area contributed by atoms with Crippen molar-refractivity contribution >= 4 is 23.1 Å². The second-order valence-corrected chi connectivity index (χ2v) is 10.9. The van der Waals surface area contributed by atoms with Gasteiger partial charge in [0, 0.05) is 20.2 Å². The average Bonchev–Trinajstić information content (AvgIpc) is 3.25. The molecule has 1 saturated heterocycles. The van der Waals surface area contributed by atoms with E-state index in [0.29, 0.717) is 37.2 Å². The molecule has 2 amide bonds. The quantitative estimate of drug-likeness (QED) is 0.441. The zero-order valence-electron chi connectivity index (χ0n) is 23.4. The Morgan fingerprint density at radius 3 is 2.55 bits per heavy atom. The van der Waals surface area contributed by atoms with Gasteiger partial charge in [-0.25, -0.2) is 9.59 Å². The first kappa shape index (κ1) is 28.9. The van der Waals surface area contributed by atoms with Crippen LogP contribution in [0.3, 0.4) is 0 Å². The number of piperidine rings is 1. The normalized spacial score (nSPS) is 16.4. The third-order valence-corrected chi connectivity index (χ3v) is 6.90. The highest BCUT2D eigenvalue weighted by Gasteiger charge is 2.35. The van der Waals surface area contributed by atoms with Gasteiger partial charge in [0.2, 0.25) is 5.91 Å². The number of ether oxygens (including phenoxy) is 2. The van der Waals surface area contributed by atoms with Gasteiger partial charge in [-0.3, -0.25) is 14.3 Å². The number of oxazole rings is 1. The molecule has 0 saturated carbocycles. The molecule has 40 heavy (non-hydrogen) atoms. The fourth-order valence-corrected chi connectivity index (χ4v) is 4.85. The predicted octanol–water partition coefficient (Wildman–Crippen LogP) is 4.42. The van der Waals surface area contributed by atoms with E-state index >= 15 is 0 Å². The van der Waals surface area contributed by atoms with E-state index in [9.17, 15) is 19.6 Å². The van der Waals surface area contributed by atoms with Crippen molar-refractivity contribution in [3.8, 4) is 17.2 Å². The summed E-state index contributed by atoms with van der Waals surface area (Å²) in [6.07, 6.45) is 1.71. The summed E-state index contributed by atoms with van der Waals surface area (Å²) in [5, 5.41) is 12.7. The molecule has 212 valence electrons. The molecule has 3 aromatic rings. The average molecular weight is 549 g/mol. The summed E-state index contributed by atoms with van der Waals surface area (Å²) in [6, 6.07) is 14.7. The molecule has 2 atom stereocenters. The van der Waals surface area contributed by atoms with Gasteiger partial charge in [-0.15, -0.1) is 0 Å². The Labute approximate surface area is 233 Å². The zero-order valence-corrected chi connectivity index (χ0v) is 23.4. The van der Waals surface area contributed by atoms with Gasteiger partial charge in [0.05, 0.1) is 30.7 Å². The number of fused-ring (bicyclic) bond motifs is 1. The van der Waals surface area contributed by atoms with Gasteiger partial charge in [0.15, 0.2) is 5.58 Å². The molecule has 1 aliphatic rings. The van der Waals surface area contributed by atoms with Crippen LogP contribution in [-0.4, -0.2) is 59.9 Å². The molecule has 1 aliphatic heterocycles. The number of carbonyl (C=O) groups excluding carboxylic acids is 2. The van der Waals surface area contributed by atoms with E-state index in [4.69, 9.17) is 13.9 Å². The molecule has 0 bridgehead atoms. The van der Waals surface area contributed by atoms with Crippen molar-refractivity contribution in [1.82, 2.24) is 14.8 Å². The molecule has 0 spiro atoms. The number of carbonyl (C=O) groups is 2. The van der Waals surface area contributed by atoms with Crippen LogP contribution in [0.2, 0.25) is 0 Å². The van der Waals surface area contributed by atoms with E-state index < -0.39 is 29.4 Å². The highest BCUT2D eigenvalue weighted by Crippen LogP contribution is 2.27. The summed E-state index contributed by atoms with van der Waals surface area (Å²) in [6.45, 7) is 6.75. The molecule has 0 aliphatic carbocycles. The molecule has 4 rings (SSSR count). The zero-order chi connectivity index (χ0) is 28.9. The smallest absolute Gasteiger partial charge is 0.420 e. The van der Waals surface area contributed by atoms with Crippen LogP contribution in [0.25, 0.3) is 22.2 Å². The van der Waals surface area contributed by atoms with Crippen molar-refractivity contribution in [3.63, 3.8) is 0 Å². The number of aromatic nitrogens is 1. The molecule has 10 nitrogen and oxygen atoms in total. The van der Waals surface area contributed by atoms with Crippen LogP contribution >= 0.6 is 0 Å². The standard InChI is InChI=1S/C30H36N4O6/c1-30(2,3)40-29(37)33-14-6-5-7-24(33)27(35)32-19-23(18-31)21-10-8-20(9-11-21)22-12-13-26-25(17-22)34(15-16-38-4)28(36)39-26/h8-13,17,23-24H,5-7,14-16,19H2,1-4H3,(H,32,35)/t23-,24?/m0/s1. The third-order valence-electron chi connectivity index (χ3n) is 6.90. The molecule has 2 heterocycles. The molecule has 1 fully saturated rings. The van der Waals surface area contributed by atoms with Gasteiger partial charge in [0.1, 0.15) is 11.6 Å². The lowest BCUT2D eigenvalue weighted by molar-refractivity contribution is -0.127. The SMILES string of the molecule is COCCn1c(=O)oc2ccc(-c3ccc([C@@H](C#N)CNC(=O)C4CCCCN4C(=O)OC(C)(C)C)cc3)cc21. The van der Waals surface area contributed by atoms with Gasteiger partial charge in [-0.05, 0) is 68.9 Å². The number of amides is 2. The number of benzene rings is 2. The van der Waals surface area contributed by atoms with Crippen molar-refractivity contribution in [2.24, 2.45) is 0 Å². The van der Waals surface area contributed by atoms with Crippen LogP contribution in [0.1, 0.15) is 51.5 Å². The molecule has 1 N–H and O–H groups in total. The number of methoxy groups -OCH3 is 1. The van der Waals surface area contributed by atoms with Crippen molar-refractivity contribution in [3.05, 3.63) is 58.6 Å². The summed E-state index contributed by atoms with van der Waals surface area (Å²) >= 11 is 0. The van der Waals surface area contributed by atoms with E-state index in [-0.39, 0.29) is 12.5 Å². The van der Waals surface area contributed by atoms with Crippen molar-refractivity contribution in [2.45, 2.75) is 64.1 Å². The molecule has 1 aromatic heterocycles. The number of nitriles is 1. The first-order chi connectivity index (χ1) is 19.1. The van der Waals surface area contributed by atoms with Crippen LogP contribution in [0.4, 0.5) is 4.79 Å².